The molecule has 0 radical (unpaired) electrons. The summed E-state index contributed by atoms with van der Waals surface area (Å²) in [6.07, 6.45) is 0.885. The third-order valence-electron chi connectivity index (χ3n) is 4.00. The standard InChI is InChI=1S/C22H29BrN2O4S/c1-15(2)12-13-29-20-11-6-16(23)14-19(20)21(26)24-17-7-9-18(10-8-17)30(27,28)25-22(3,4)5/h6-11,14-15,25H,12-13H2,1-5H3,(H,24,26). The number of hydrogen-bond acceptors (Lipinski definition) is 4. The fraction of sp³-hybridized carbons (Fsp3) is 0.409. The van der Waals surface area contributed by atoms with Crippen molar-refractivity contribution in [1.29, 1.82) is 0 Å². The largest absolute Gasteiger partial charge is 0.493 e. The normalized spacial score (nSPS) is 12.1. The van der Waals surface area contributed by atoms with E-state index in [2.05, 4.69) is 39.8 Å². The lowest BCUT2D eigenvalue weighted by Crippen LogP contribution is -2.40. The van der Waals surface area contributed by atoms with Crippen molar-refractivity contribution in [3.05, 3.63) is 52.5 Å². The van der Waals surface area contributed by atoms with E-state index in [0.29, 0.717) is 29.5 Å². The minimum atomic E-state index is -3.63. The molecule has 2 aromatic carbocycles. The molecular formula is C22H29BrN2O4S. The third kappa shape index (κ3) is 7.41. The number of ether oxygens (including phenoxy) is 1. The van der Waals surface area contributed by atoms with E-state index >= 15 is 0 Å². The maximum Gasteiger partial charge on any atom is 0.259 e. The number of carbonyl (C=O) groups is 1. The van der Waals surface area contributed by atoms with Gasteiger partial charge in [0, 0.05) is 15.7 Å². The first-order valence-electron chi connectivity index (χ1n) is 9.75. The molecule has 6 nitrogen and oxygen atoms in total. The van der Waals surface area contributed by atoms with Crippen molar-refractivity contribution in [3.63, 3.8) is 0 Å². The maximum absolute atomic E-state index is 12.8. The number of nitrogens with one attached hydrogen (secondary N) is 2. The molecule has 0 aromatic heterocycles. The van der Waals surface area contributed by atoms with Gasteiger partial charge < -0.3 is 10.1 Å². The molecule has 0 aliphatic heterocycles. The first kappa shape index (κ1) is 24.4. The van der Waals surface area contributed by atoms with Gasteiger partial charge in [0.05, 0.1) is 17.1 Å². The van der Waals surface area contributed by atoms with Gasteiger partial charge in [-0.25, -0.2) is 13.1 Å². The van der Waals surface area contributed by atoms with Crippen LogP contribution in [0.25, 0.3) is 0 Å². The minimum absolute atomic E-state index is 0.135. The second kappa shape index (κ2) is 9.94. The Balaban J connectivity index is 2.15. The molecule has 0 heterocycles. The van der Waals surface area contributed by atoms with Crippen LogP contribution in [-0.4, -0.2) is 26.5 Å². The van der Waals surface area contributed by atoms with Crippen LogP contribution in [0.2, 0.25) is 0 Å². The van der Waals surface area contributed by atoms with Gasteiger partial charge in [-0.2, -0.15) is 0 Å². The molecule has 8 heteroatoms. The number of amides is 1. The quantitative estimate of drug-likeness (QED) is 0.525. The Morgan fingerprint density at radius 3 is 2.30 bits per heavy atom. The summed E-state index contributed by atoms with van der Waals surface area (Å²) in [5.41, 5.74) is 0.306. The smallest absolute Gasteiger partial charge is 0.259 e. The fourth-order valence-corrected chi connectivity index (χ4v) is 4.37. The summed E-state index contributed by atoms with van der Waals surface area (Å²) >= 11 is 3.39. The van der Waals surface area contributed by atoms with Gasteiger partial charge in [0.15, 0.2) is 0 Å². The molecule has 0 spiro atoms. The lowest BCUT2D eigenvalue weighted by Gasteiger charge is -2.20. The first-order chi connectivity index (χ1) is 13.9. The summed E-state index contributed by atoms with van der Waals surface area (Å²) in [6, 6.07) is 11.3. The SMILES string of the molecule is CC(C)CCOc1ccc(Br)cc1C(=O)Nc1ccc(S(=O)(=O)NC(C)(C)C)cc1. The van der Waals surface area contributed by atoms with Crippen molar-refractivity contribution >= 4 is 37.5 Å². The average molecular weight is 497 g/mol. The van der Waals surface area contributed by atoms with Crippen LogP contribution in [0.1, 0.15) is 51.4 Å². The number of halogens is 1. The number of anilines is 1. The second-order valence-corrected chi connectivity index (χ2v) is 11.1. The molecule has 30 heavy (non-hydrogen) atoms. The summed E-state index contributed by atoms with van der Waals surface area (Å²) in [4.78, 5) is 12.9. The molecule has 0 saturated carbocycles. The van der Waals surface area contributed by atoms with Crippen molar-refractivity contribution in [2.75, 3.05) is 11.9 Å². The summed E-state index contributed by atoms with van der Waals surface area (Å²) in [5, 5.41) is 2.80. The van der Waals surface area contributed by atoms with Crippen LogP contribution < -0.4 is 14.8 Å². The monoisotopic (exact) mass is 496 g/mol. The Bertz CT molecular complexity index is 981. The van der Waals surface area contributed by atoms with Gasteiger partial charge in [0.1, 0.15) is 5.75 Å². The number of sulfonamides is 1. The molecule has 2 N–H and O–H groups in total. The van der Waals surface area contributed by atoms with Crippen molar-refractivity contribution in [2.45, 2.75) is 51.5 Å². The van der Waals surface area contributed by atoms with Crippen LogP contribution in [0.4, 0.5) is 5.69 Å². The lowest BCUT2D eigenvalue weighted by atomic mass is 10.1. The van der Waals surface area contributed by atoms with Crippen LogP contribution >= 0.6 is 15.9 Å². The Hall–Kier alpha value is -1.90. The lowest BCUT2D eigenvalue weighted by molar-refractivity contribution is 0.102. The van der Waals surface area contributed by atoms with E-state index in [4.69, 9.17) is 4.74 Å². The molecule has 0 saturated heterocycles. The summed E-state index contributed by atoms with van der Waals surface area (Å²) in [7, 11) is -3.63. The molecule has 164 valence electrons. The van der Waals surface area contributed by atoms with Crippen molar-refractivity contribution in [2.24, 2.45) is 5.92 Å². The molecule has 0 unspecified atom stereocenters. The Morgan fingerprint density at radius 1 is 1.10 bits per heavy atom. The van der Waals surface area contributed by atoms with Crippen molar-refractivity contribution in [1.82, 2.24) is 4.72 Å². The van der Waals surface area contributed by atoms with Gasteiger partial charge in [-0.3, -0.25) is 4.79 Å². The molecule has 0 aliphatic rings. The molecule has 0 aliphatic carbocycles. The third-order valence-corrected chi connectivity index (χ3v) is 6.27. The van der Waals surface area contributed by atoms with Crippen molar-refractivity contribution < 1.29 is 17.9 Å². The fourth-order valence-electron chi connectivity index (χ4n) is 2.59. The highest BCUT2D eigenvalue weighted by Crippen LogP contribution is 2.25. The molecule has 0 bridgehead atoms. The molecule has 1 amide bonds. The Labute approximate surface area is 187 Å². The zero-order valence-corrected chi connectivity index (χ0v) is 20.4. The predicted molar refractivity (Wildman–Crippen MR) is 124 cm³/mol. The highest BCUT2D eigenvalue weighted by Gasteiger charge is 2.22. The molecule has 0 fully saturated rings. The Morgan fingerprint density at radius 2 is 1.73 bits per heavy atom. The highest BCUT2D eigenvalue weighted by molar-refractivity contribution is 9.10. The predicted octanol–water partition coefficient (Wildman–Crippen LogP) is 5.20. The molecule has 0 atom stereocenters. The second-order valence-electron chi connectivity index (χ2n) is 8.51. The zero-order chi connectivity index (χ0) is 22.5. The first-order valence-corrected chi connectivity index (χ1v) is 12.0. The van der Waals surface area contributed by atoms with Gasteiger partial charge in [0.2, 0.25) is 10.0 Å². The van der Waals surface area contributed by atoms with Crippen LogP contribution in [0.5, 0.6) is 5.75 Å². The van der Waals surface area contributed by atoms with E-state index in [9.17, 15) is 13.2 Å². The van der Waals surface area contributed by atoms with Gasteiger partial charge in [-0.05, 0) is 75.6 Å². The van der Waals surface area contributed by atoms with Gasteiger partial charge >= 0.3 is 0 Å². The highest BCUT2D eigenvalue weighted by atomic mass is 79.9. The van der Waals surface area contributed by atoms with E-state index < -0.39 is 15.6 Å². The summed E-state index contributed by atoms with van der Waals surface area (Å²) in [5.74, 6) is 0.671. The van der Waals surface area contributed by atoms with Crippen LogP contribution in [-0.2, 0) is 10.0 Å². The van der Waals surface area contributed by atoms with Crippen LogP contribution in [0.3, 0.4) is 0 Å². The number of hydrogen-bond donors (Lipinski definition) is 2. The number of rotatable bonds is 8. The molecule has 2 aromatic rings. The van der Waals surface area contributed by atoms with E-state index in [1.807, 2.05) is 6.07 Å². The average Bonchev–Trinajstić information content (AvgIpc) is 2.61. The number of carbonyl (C=O) groups excluding carboxylic acids is 1. The topological polar surface area (TPSA) is 84.5 Å². The zero-order valence-electron chi connectivity index (χ0n) is 18.0. The van der Waals surface area contributed by atoms with Gasteiger partial charge in [-0.1, -0.05) is 29.8 Å². The van der Waals surface area contributed by atoms with Crippen LogP contribution in [0.15, 0.2) is 51.8 Å². The summed E-state index contributed by atoms with van der Waals surface area (Å²) < 4.78 is 34.0. The van der Waals surface area contributed by atoms with Crippen molar-refractivity contribution in [3.8, 4) is 5.75 Å². The van der Waals surface area contributed by atoms with Gasteiger partial charge in [0.25, 0.3) is 5.91 Å². The number of benzene rings is 2. The molecular weight excluding hydrogens is 468 g/mol. The molecule has 2 rings (SSSR count). The van der Waals surface area contributed by atoms with E-state index in [0.717, 1.165) is 10.9 Å². The maximum atomic E-state index is 12.8. The van der Waals surface area contributed by atoms with E-state index in [1.165, 1.54) is 12.1 Å². The van der Waals surface area contributed by atoms with E-state index in [-0.39, 0.29) is 10.8 Å². The van der Waals surface area contributed by atoms with Crippen LogP contribution in [0, 0.1) is 5.92 Å². The van der Waals surface area contributed by atoms with E-state index in [1.54, 1.807) is 45.0 Å². The minimum Gasteiger partial charge on any atom is -0.493 e. The summed E-state index contributed by atoms with van der Waals surface area (Å²) in [6.45, 7) is 10.1. The van der Waals surface area contributed by atoms with Gasteiger partial charge in [-0.15, -0.1) is 0 Å². The Kier molecular flexibility index (Phi) is 8.07.